The van der Waals surface area contributed by atoms with Crippen molar-refractivity contribution in [3.05, 3.63) is 12.3 Å². The molecule has 5 heteroatoms. The Labute approximate surface area is 81.6 Å². The molecule has 4 nitrogen and oxygen atoms in total. The van der Waals surface area contributed by atoms with Crippen LogP contribution in [0.5, 0.6) is 11.9 Å². The Morgan fingerprint density at radius 2 is 2.00 bits per heavy atom. The fourth-order valence-electron chi connectivity index (χ4n) is 0.339. The molecule has 0 aliphatic rings. The molecule has 0 saturated heterocycles. The molecule has 0 unspecified atom stereocenters. The first-order valence-electron chi connectivity index (χ1n) is 2.00. The van der Waals surface area contributed by atoms with E-state index in [9.17, 15) is 0 Å². The number of aromatic nitrogens is 2. The summed E-state index contributed by atoms with van der Waals surface area (Å²) in [6, 6.07) is 0.865. The number of hydrogen-bond acceptors (Lipinski definition) is 4. The molecular formula is C4H6CaN2O2. The van der Waals surface area contributed by atoms with Crippen molar-refractivity contribution < 1.29 is 10.2 Å². The number of aromatic hydroxyl groups is 2. The summed E-state index contributed by atoms with van der Waals surface area (Å²) >= 11 is 0. The zero-order valence-electron chi connectivity index (χ0n) is 3.94. The summed E-state index contributed by atoms with van der Waals surface area (Å²) in [5, 5.41) is 16.9. The number of hydrogen-bond donors (Lipinski definition) is 2. The molecule has 46 valence electrons. The van der Waals surface area contributed by atoms with Crippen molar-refractivity contribution in [2.45, 2.75) is 0 Å². The molecule has 0 aromatic carbocycles. The Morgan fingerprint density at radius 3 is 2.33 bits per heavy atom. The Hall–Kier alpha value is -0.0603. The predicted octanol–water partition coefficient (Wildman–Crippen LogP) is -1.03. The van der Waals surface area contributed by atoms with Crippen molar-refractivity contribution in [3.8, 4) is 11.9 Å². The second kappa shape index (κ2) is 3.87. The van der Waals surface area contributed by atoms with Crippen molar-refractivity contribution >= 4 is 37.7 Å². The summed E-state index contributed by atoms with van der Waals surface area (Å²) in [5.41, 5.74) is 0. The number of rotatable bonds is 0. The van der Waals surface area contributed by atoms with Gasteiger partial charge in [0.25, 0.3) is 0 Å². The fourth-order valence-corrected chi connectivity index (χ4v) is 0.339. The van der Waals surface area contributed by atoms with Crippen LogP contribution in [0.4, 0.5) is 0 Å². The summed E-state index contributed by atoms with van der Waals surface area (Å²) in [6.07, 6.45) is 1.26. The fraction of sp³-hybridized carbons (Fsp3) is 0. The summed E-state index contributed by atoms with van der Waals surface area (Å²) in [6.45, 7) is 0. The van der Waals surface area contributed by atoms with Crippen molar-refractivity contribution in [1.82, 2.24) is 9.97 Å². The Bertz CT molecular complexity index is 176. The van der Waals surface area contributed by atoms with Crippen LogP contribution >= 0.6 is 0 Å². The quantitative estimate of drug-likeness (QED) is 0.469. The van der Waals surface area contributed by atoms with E-state index in [1.807, 2.05) is 0 Å². The molecule has 0 atom stereocenters. The molecule has 1 heterocycles. The van der Waals surface area contributed by atoms with E-state index in [0.29, 0.717) is 0 Å². The van der Waals surface area contributed by atoms with Gasteiger partial charge in [0.1, 0.15) is 0 Å². The van der Waals surface area contributed by atoms with Gasteiger partial charge in [-0.1, -0.05) is 0 Å². The van der Waals surface area contributed by atoms with Gasteiger partial charge in [0, 0.05) is 12.3 Å². The maximum atomic E-state index is 8.50. The maximum absolute atomic E-state index is 8.50. The van der Waals surface area contributed by atoms with Crippen LogP contribution in [0.15, 0.2) is 12.3 Å². The third-order valence-electron chi connectivity index (χ3n) is 0.628. The normalized spacial score (nSPS) is 8.00. The standard InChI is InChI=1S/C4H4N2O2.Ca.2H/c7-3-1-2-5-4(8)6-3;;;/h1-2H,(H2,5,6,7,8);;;. The Balaban J connectivity index is 0.000000640. The zero-order chi connectivity index (χ0) is 5.98. The Morgan fingerprint density at radius 1 is 1.33 bits per heavy atom. The molecule has 0 fully saturated rings. The first-order valence-corrected chi connectivity index (χ1v) is 2.00. The predicted molar refractivity (Wildman–Crippen MR) is 33.9 cm³/mol. The summed E-state index contributed by atoms with van der Waals surface area (Å²) < 4.78 is 0. The third-order valence-corrected chi connectivity index (χ3v) is 0.628. The molecule has 1 aromatic heterocycles. The summed E-state index contributed by atoms with van der Waals surface area (Å²) in [4.78, 5) is 6.50. The van der Waals surface area contributed by atoms with Gasteiger partial charge in [0.05, 0.1) is 0 Å². The van der Waals surface area contributed by atoms with Gasteiger partial charge in [0.2, 0.25) is 5.88 Å². The van der Waals surface area contributed by atoms with Gasteiger partial charge in [0.15, 0.2) is 0 Å². The van der Waals surface area contributed by atoms with Crippen LogP contribution < -0.4 is 0 Å². The third kappa shape index (κ3) is 2.84. The molecule has 0 bridgehead atoms. The van der Waals surface area contributed by atoms with Crippen molar-refractivity contribution in [3.63, 3.8) is 0 Å². The molecule has 0 radical (unpaired) electrons. The van der Waals surface area contributed by atoms with Gasteiger partial charge < -0.3 is 10.2 Å². The molecular weight excluding hydrogens is 148 g/mol. The van der Waals surface area contributed by atoms with Crippen LogP contribution in [0.1, 0.15) is 0 Å². The van der Waals surface area contributed by atoms with Gasteiger partial charge in [-0.05, 0) is 0 Å². The minimum atomic E-state index is -0.412. The Kier molecular flexibility index (Phi) is 3.84. The van der Waals surface area contributed by atoms with E-state index in [1.165, 1.54) is 12.3 Å². The van der Waals surface area contributed by atoms with Crippen LogP contribution in [0.25, 0.3) is 0 Å². The van der Waals surface area contributed by atoms with E-state index in [4.69, 9.17) is 10.2 Å². The second-order valence-corrected chi connectivity index (χ2v) is 1.21. The van der Waals surface area contributed by atoms with Crippen LogP contribution in [0.2, 0.25) is 0 Å². The van der Waals surface area contributed by atoms with Gasteiger partial charge in [-0.15, -0.1) is 0 Å². The van der Waals surface area contributed by atoms with Crippen LogP contribution in [-0.4, -0.2) is 57.9 Å². The summed E-state index contributed by atoms with van der Waals surface area (Å²) in [5.74, 6) is -0.225. The molecule has 0 aliphatic heterocycles. The topological polar surface area (TPSA) is 66.2 Å². The molecule has 0 spiro atoms. The van der Waals surface area contributed by atoms with Gasteiger partial charge >= 0.3 is 43.7 Å². The molecule has 1 rings (SSSR count). The molecule has 0 aliphatic carbocycles. The van der Waals surface area contributed by atoms with Crippen molar-refractivity contribution in [1.29, 1.82) is 0 Å². The van der Waals surface area contributed by atoms with E-state index in [2.05, 4.69) is 9.97 Å². The SMILES string of the molecule is Oc1ccnc(O)n1.[CaH2]. The average Bonchev–Trinajstić information content (AvgIpc) is 1.64. The number of nitrogens with zero attached hydrogens (tertiary/aromatic N) is 2. The van der Waals surface area contributed by atoms with Gasteiger partial charge in [-0.2, -0.15) is 4.98 Å². The van der Waals surface area contributed by atoms with Crippen LogP contribution in [0.3, 0.4) is 0 Å². The molecule has 2 N–H and O–H groups in total. The van der Waals surface area contributed by atoms with Crippen molar-refractivity contribution in [2.75, 3.05) is 0 Å². The molecule has 1 aromatic rings. The monoisotopic (exact) mass is 154 g/mol. The van der Waals surface area contributed by atoms with E-state index < -0.39 is 6.01 Å². The average molecular weight is 154 g/mol. The van der Waals surface area contributed by atoms with Crippen LogP contribution in [0, 0.1) is 0 Å². The van der Waals surface area contributed by atoms with Crippen molar-refractivity contribution in [2.24, 2.45) is 0 Å². The van der Waals surface area contributed by atoms with E-state index in [-0.39, 0.29) is 43.6 Å². The van der Waals surface area contributed by atoms with E-state index in [1.54, 1.807) is 0 Å². The molecule has 0 saturated carbocycles. The first-order chi connectivity index (χ1) is 3.79. The zero-order valence-corrected chi connectivity index (χ0v) is 3.94. The van der Waals surface area contributed by atoms with Crippen LogP contribution in [-0.2, 0) is 0 Å². The van der Waals surface area contributed by atoms with Gasteiger partial charge in [-0.25, -0.2) is 4.98 Å². The van der Waals surface area contributed by atoms with Gasteiger partial charge in [-0.3, -0.25) is 0 Å². The minimum absolute atomic E-state index is 0. The molecule has 9 heavy (non-hydrogen) atoms. The summed E-state index contributed by atoms with van der Waals surface area (Å²) in [7, 11) is 0. The van der Waals surface area contributed by atoms with E-state index in [0.717, 1.165) is 0 Å². The molecule has 0 amide bonds. The van der Waals surface area contributed by atoms with E-state index >= 15 is 0 Å². The first kappa shape index (κ1) is 8.94. The second-order valence-electron chi connectivity index (χ2n) is 1.21.